The molecule has 1 unspecified atom stereocenters. The molecular formula is C14H17ClFNO2. The van der Waals surface area contributed by atoms with Gasteiger partial charge in [0.1, 0.15) is 0 Å². The Kier molecular flexibility index (Phi) is 4.77. The van der Waals surface area contributed by atoms with E-state index in [-0.39, 0.29) is 23.1 Å². The van der Waals surface area contributed by atoms with Gasteiger partial charge in [0.15, 0.2) is 5.82 Å². The first kappa shape index (κ1) is 14.3. The molecule has 0 aromatic heterocycles. The monoisotopic (exact) mass is 285 g/mol. The van der Waals surface area contributed by atoms with Gasteiger partial charge in [0.2, 0.25) is 0 Å². The Morgan fingerprint density at radius 1 is 1.53 bits per heavy atom. The Balaban J connectivity index is 2.12. The summed E-state index contributed by atoms with van der Waals surface area (Å²) in [5.74, 6) is -0.675. The van der Waals surface area contributed by atoms with Gasteiger partial charge in [-0.25, -0.2) is 4.39 Å². The number of likely N-dealkylation sites (tertiary alicyclic amines) is 1. The van der Waals surface area contributed by atoms with Crippen LogP contribution in [0.3, 0.4) is 0 Å². The minimum atomic E-state index is -0.654. The fourth-order valence-electron chi connectivity index (χ4n) is 2.51. The molecule has 0 spiro atoms. The normalized spacial score (nSPS) is 19.5. The van der Waals surface area contributed by atoms with E-state index in [2.05, 4.69) is 0 Å². The summed E-state index contributed by atoms with van der Waals surface area (Å²) < 4.78 is 13.8. The van der Waals surface area contributed by atoms with E-state index in [0.29, 0.717) is 25.4 Å². The number of amides is 1. The lowest BCUT2D eigenvalue weighted by Crippen LogP contribution is -2.40. The van der Waals surface area contributed by atoms with E-state index >= 15 is 0 Å². The summed E-state index contributed by atoms with van der Waals surface area (Å²) in [6.07, 6.45) is 2.57. The number of aliphatic hydroxyl groups is 1. The van der Waals surface area contributed by atoms with Gasteiger partial charge in [-0.3, -0.25) is 4.79 Å². The number of carbonyl (C=O) groups is 1. The molecule has 104 valence electrons. The molecule has 2 rings (SSSR count). The number of benzene rings is 1. The third kappa shape index (κ3) is 3.25. The maximum absolute atomic E-state index is 13.8. The fourth-order valence-corrected chi connectivity index (χ4v) is 2.68. The summed E-state index contributed by atoms with van der Waals surface area (Å²) in [6.45, 7) is 1.33. The lowest BCUT2D eigenvalue weighted by atomic mass is 9.94. The number of piperidine rings is 1. The molecule has 5 heteroatoms. The molecule has 0 bridgehead atoms. The Bertz CT molecular complexity index is 465. The van der Waals surface area contributed by atoms with Gasteiger partial charge >= 0.3 is 0 Å². The van der Waals surface area contributed by atoms with Gasteiger partial charge in [-0.15, -0.1) is 0 Å². The molecule has 3 nitrogen and oxygen atoms in total. The molecule has 1 aliphatic heterocycles. The Morgan fingerprint density at radius 2 is 2.32 bits per heavy atom. The summed E-state index contributed by atoms with van der Waals surface area (Å²) in [5.41, 5.74) is 0.0251. The first-order chi connectivity index (χ1) is 9.13. The third-order valence-electron chi connectivity index (χ3n) is 3.53. The van der Waals surface area contributed by atoms with Gasteiger partial charge < -0.3 is 10.0 Å². The van der Waals surface area contributed by atoms with E-state index in [9.17, 15) is 9.18 Å². The van der Waals surface area contributed by atoms with E-state index in [1.165, 1.54) is 12.1 Å². The van der Waals surface area contributed by atoms with E-state index in [4.69, 9.17) is 16.7 Å². The molecule has 1 amide bonds. The Morgan fingerprint density at radius 3 is 3.05 bits per heavy atom. The van der Waals surface area contributed by atoms with E-state index in [0.717, 1.165) is 12.8 Å². The van der Waals surface area contributed by atoms with Gasteiger partial charge in [-0.05, 0) is 37.3 Å². The molecule has 1 aromatic carbocycles. The number of nitrogens with zero attached hydrogens (tertiary/aromatic N) is 1. The van der Waals surface area contributed by atoms with Crippen molar-refractivity contribution in [1.29, 1.82) is 0 Å². The highest BCUT2D eigenvalue weighted by Crippen LogP contribution is 2.24. The number of carbonyl (C=O) groups excluding carboxylic acids is 1. The second-order valence-electron chi connectivity index (χ2n) is 4.87. The van der Waals surface area contributed by atoms with Crippen molar-refractivity contribution >= 4 is 17.5 Å². The molecule has 1 atom stereocenters. The highest BCUT2D eigenvalue weighted by atomic mass is 35.5. The highest BCUT2D eigenvalue weighted by Gasteiger charge is 2.26. The van der Waals surface area contributed by atoms with Crippen LogP contribution in [0.2, 0.25) is 5.02 Å². The van der Waals surface area contributed by atoms with Crippen LogP contribution in [-0.4, -0.2) is 35.6 Å². The summed E-state index contributed by atoms with van der Waals surface area (Å²) in [5, 5.41) is 8.93. The molecule has 1 fully saturated rings. The summed E-state index contributed by atoms with van der Waals surface area (Å²) in [7, 11) is 0. The van der Waals surface area contributed by atoms with Crippen molar-refractivity contribution in [2.75, 3.05) is 19.7 Å². The minimum Gasteiger partial charge on any atom is -0.396 e. The van der Waals surface area contributed by atoms with Crippen molar-refractivity contribution in [1.82, 2.24) is 4.90 Å². The van der Waals surface area contributed by atoms with Crippen molar-refractivity contribution in [2.45, 2.75) is 19.3 Å². The average molecular weight is 286 g/mol. The van der Waals surface area contributed by atoms with Gasteiger partial charge in [0.25, 0.3) is 5.91 Å². The predicted octanol–water partition coefficient (Wildman–Crippen LogP) is 2.71. The molecule has 1 aromatic rings. The summed E-state index contributed by atoms with van der Waals surface area (Å²) >= 11 is 5.70. The molecular weight excluding hydrogens is 269 g/mol. The van der Waals surface area contributed by atoms with Crippen molar-refractivity contribution in [3.05, 3.63) is 34.6 Å². The largest absolute Gasteiger partial charge is 0.396 e. The van der Waals surface area contributed by atoms with Gasteiger partial charge in [0.05, 0.1) is 10.6 Å². The lowest BCUT2D eigenvalue weighted by molar-refractivity contribution is 0.0649. The summed E-state index contributed by atoms with van der Waals surface area (Å²) in [6, 6.07) is 4.46. The molecule has 0 saturated carbocycles. The SMILES string of the molecule is O=C(c1cccc(Cl)c1F)N1CCCC(CCO)C1. The van der Waals surface area contributed by atoms with E-state index in [1.54, 1.807) is 11.0 Å². The molecule has 0 aliphatic carbocycles. The molecule has 19 heavy (non-hydrogen) atoms. The lowest BCUT2D eigenvalue weighted by Gasteiger charge is -2.32. The van der Waals surface area contributed by atoms with Crippen LogP contribution in [0, 0.1) is 11.7 Å². The third-order valence-corrected chi connectivity index (χ3v) is 3.82. The van der Waals surface area contributed by atoms with E-state index < -0.39 is 5.82 Å². The van der Waals surface area contributed by atoms with Crippen LogP contribution in [0.4, 0.5) is 4.39 Å². The van der Waals surface area contributed by atoms with Crippen LogP contribution in [0.5, 0.6) is 0 Å². The van der Waals surface area contributed by atoms with Crippen molar-refractivity contribution in [2.24, 2.45) is 5.92 Å². The maximum Gasteiger partial charge on any atom is 0.256 e. The Labute approximate surface area is 117 Å². The minimum absolute atomic E-state index is 0.0251. The second kappa shape index (κ2) is 6.35. The zero-order valence-electron chi connectivity index (χ0n) is 10.6. The average Bonchev–Trinajstić information content (AvgIpc) is 2.42. The van der Waals surface area contributed by atoms with E-state index in [1.807, 2.05) is 0 Å². The number of rotatable bonds is 3. The van der Waals surface area contributed by atoms with Crippen LogP contribution in [-0.2, 0) is 0 Å². The first-order valence-corrected chi connectivity index (χ1v) is 6.85. The van der Waals surface area contributed by atoms with Gasteiger partial charge in [0, 0.05) is 19.7 Å². The first-order valence-electron chi connectivity index (χ1n) is 6.47. The van der Waals surface area contributed by atoms with Crippen molar-refractivity contribution in [3.63, 3.8) is 0 Å². The zero-order chi connectivity index (χ0) is 13.8. The zero-order valence-corrected chi connectivity index (χ0v) is 11.4. The van der Waals surface area contributed by atoms with Crippen LogP contribution in [0.1, 0.15) is 29.6 Å². The topological polar surface area (TPSA) is 40.5 Å². The standard InChI is InChI=1S/C14H17ClFNO2/c15-12-5-1-4-11(13(12)16)14(19)17-7-2-3-10(9-17)6-8-18/h1,4-5,10,18H,2-3,6-9H2. The van der Waals surface area contributed by atoms with Crippen LogP contribution >= 0.6 is 11.6 Å². The fraction of sp³-hybridized carbons (Fsp3) is 0.500. The smallest absolute Gasteiger partial charge is 0.256 e. The highest BCUT2D eigenvalue weighted by molar-refractivity contribution is 6.31. The summed E-state index contributed by atoms with van der Waals surface area (Å²) in [4.78, 5) is 13.9. The predicted molar refractivity (Wildman–Crippen MR) is 71.7 cm³/mol. The van der Waals surface area contributed by atoms with Gasteiger partial charge in [-0.2, -0.15) is 0 Å². The number of aliphatic hydroxyl groups excluding tert-OH is 1. The molecule has 1 saturated heterocycles. The van der Waals surface area contributed by atoms with Crippen LogP contribution in [0.15, 0.2) is 18.2 Å². The molecule has 0 radical (unpaired) electrons. The van der Waals surface area contributed by atoms with Crippen LogP contribution < -0.4 is 0 Å². The maximum atomic E-state index is 13.8. The number of hydrogen-bond donors (Lipinski definition) is 1. The number of halogens is 2. The van der Waals surface area contributed by atoms with Crippen molar-refractivity contribution < 1.29 is 14.3 Å². The quantitative estimate of drug-likeness (QED) is 0.928. The molecule has 1 N–H and O–H groups in total. The molecule has 1 heterocycles. The van der Waals surface area contributed by atoms with Crippen LogP contribution in [0.25, 0.3) is 0 Å². The molecule has 1 aliphatic rings. The van der Waals surface area contributed by atoms with Gasteiger partial charge in [-0.1, -0.05) is 17.7 Å². The number of hydrogen-bond acceptors (Lipinski definition) is 2. The van der Waals surface area contributed by atoms with Crippen molar-refractivity contribution in [3.8, 4) is 0 Å². The second-order valence-corrected chi connectivity index (χ2v) is 5.28. The Hall–Kier alpha value is -1.13.